The lowest BCUT2D eigenvalue weighted by Crippen LogP contribution is -1.98. The summed E-state index contributed by atoms with van der Waals surface area (Å²) in [5.41, 5.74) is 7.81. The van der Waals surface area contributed by atoms with Crippen molar-refractivity contribution in [2.24, 2.45) is 11.7 Å². The fourth-order valence-corrected chi connectivity index (χ4v) is 2.80. The molecule has 0 aliphatic heterocycles. The van der Waals surface area contributed by atoms with E-state index in [4.69, 9.17) is 17.3 Å². The summed E-state index contributed by atoms with van der Waals surface area (Å²) in [6.45, 7) is 0.792. The molecular formula is C15H18ClN3. The molecule has 0 saturated heterocycles. The van der Waals surface area contributed by atoms with Crippen molar-refractivity contribution in [3.05, 3.63) is 47.5 Å². The van der Waals surface area contributed by atoms with Crippen molar-refractivity contribution in [1.29, 1.82) is 0 Å². The standard InChI is InChI=1S/C15H18ClN3/c16-12-4-1-5-13(8-12)19-9-15(18-10-19)14-7-11(14)3-2-6-17/h1,4-5,8-11,14H,2-3,6-7,17H2. The Labute approximate surface area is 118 Å². The second-order valence-electron chi connectivity index (χ2n) is 5.22. The van der Waals surface area contributed by atoms with Crippen LogP contribution in [0, 0.1) is 5.92 Å². The van der Waals surface area contributed by atoms with Crippen LogP contribution in [0.2, 0.25) is 5.02 Å². The molecule has 1 heterocycles. The topological polar surface area (TPSA) is 43.8 Å². The van der Waals surface area contributed by atoms with E-state index in [0.717, 1.165) is 29.6 Å². The highest BCUT2D eigenvalue weighted by molar-refractivity contribution is 6.30. The van der Waals surface area contributed by atoms with Crippen molar-refractivity contribution in [1.82, 2.24) is 9.55 Å². The number of imidazole rings is 1. The average Bonchev–Trinajstić information content (AvgIpc) is 3.02. The highest BCUT2D eigenvalue weighted by atomic mass is 35.5. The first-order valence-corrected chi connectivity index (χ1v) is 7.15. The van der Waals surface area contributed by atoms with Gasteiger partial charge in [0.15, 0.2) is 0 Å². The Bertz CT molecular complexity index is 564. The first-order chi connectivity index (χ1) is 9.28. The fraction of sp³-hybridized carbons (Fsp3) is 0.400. The number of hydrogen-bond acceptors (Lipinski definition) is 2. The average molecular weight is 276 g/mol. The molecular weight excluding hydrogens is 258 g/mol. The predicted molar refractivity (Wildman–Crippen MR) is 77.7 cm³/mol. The van der Waals surface area contributed by atoms with Gasteiger partial charge in [-0.1, -0.05) is 17.7 Å². The Morgan fingerprint density at radius 1 is 1.42 bits per heavy atom. The Morgan fingerprint density at radius 3 is 3.11 bits per heavy atom. The van der Waals surface area contributed by atoms with Crippen LogP contribution in [-0.2, 0) is 0 Å². The van der Waals surface area contributed by atoms with Gasteiger partial charge in [-0.25, -0.2) is 4.98 Å². The van der Waals surface area contributed by atoms with E-state index in [1.54, 1.807) is 0 Å². The van der Waals surface area contributed by atoms with Gasteiger partial charge in [-0.2, -0.15) is 0 Å². The van der Waals surface area contributed by atoms with Crippen molar-refractivity contribution >= 4 is 11.6 Å². The largest absolute Gasteiger partial charge is 0.330 e. The summed E-state index contributed by atoms with van der Waals surface area (Å²) < 4.78 is 2.04. The molecule has 2 N–H and O–H groups in total. The van der Waals surface area contributed by atoms with E-state index in [0.29, 0.717) is 5.92 Å². The van der Waals surface area contributed by atoms with Gasteiger partial charge in [0.2, 0.25) is 0 Å². The van der Waals surface area contributed by atoms with Crippen LogP contribution in [-0.4, -0.2) is 16.1 Å². The number of nitrogens with two attached hydrogens (primary N) is 1. The maximum atomic E-state index is 6.01. The van der Waals surface area contributed by atoms with Crippen LogP contribution in [0.15, 0.2) is 36.8 Å². The third kappa shape index (κ3) is 2.82. The monoisotopic (exact) mass is 275 g/mol. The summed E-state index contributed by atoms with van der Waals surface area (Å²) in [5.74, 6) is 1.42. The molecule has 4 heteroatoms. The van der Waals surface area contributed by atoms with Crippen LogP contribution in [0.5, 0.6) is 0 Å². The number of benzene rings is 1. The zero-order valence-electron chi connectivity index (χ0n) is 10.8. The molecule has 2 atom stereocenters. The van der Waals surface area contributed by atoms with Gasteiger partial charge in [-0.15, -0.1) is 0 Å². The lowest BCUT2D eigenvalue weighted by atomic mass is 10.1. The van der Waals surface area contributed by atoms with Gasteiger partial charge in [0.05, 0.1) is 12.0 Å². The van der Waals surface area contributed by atoms with Crippen LogP contribution in [0.1, 0.15) is 30.9 Å². The lowest BCUT2D eigenvalue weighted by molar-refractivity contribution is 0.655. The second-order valence-corrected chi connectivity index (χ2v) is 5.66. The van der Waals surface area contributed by atoms with Gasteiger partial charge >= 0.3 is 0 Å². The summed E-state index contributed by atoms with van der Waals surface area (Å²) in [5, 5.41) is 0.750. The van der Waals surface area contributed by atoms with Crippen LogP contribution >= 0.6 is 11.6 Å². The minimum absolute atomic E-state index is 0.631. The third-order valence-electron chi connectivity index (χ3n) is 3.79. The van der Waals surface area contributed by atoms with Crippen LogP contribution in [0.3, 0.4) is 0 Å². The first kappa shape index (κ1) is 12.7. The normalized spacial score (nSPS) is 21.6. The van der Waals surface area contributed by atoms with Gasteiger partial charge in [0.1, 0.15) is 0 Å². The molecule has 3 rings (SSSR count). The summed E-state index contributed by atoms with van der Waals surface area (Å²) >= 11 is 6.01. The third-order valence-corrected chi connectivity index (χ3v) is 4.03. The van der Waals surface area contributed by atoms with Gasteiger partial charge in [0, 0.05) is 22.8 Å². The highest BCUT2D eigenvalue weighted by Gasteiger charge is 2.38. The van der Waals surface area contributed by atoms with Crippen molar-refractivity contribution in [2.75, 3.05) is 6.54 Å². The highest BCUT2D eigenvalue weighted by Crippen LogP contribution is 2.49. The van der Waals surface area contributed by atoms with Crippen molar-refractivity contribution in [3.63, 3.8) is 0 Å². The van der Waals surface area contributed by atoms with E-state index in [9.17, 15) is 0 Å². The van der Waals surface area contributed by atoms with E-state index >= 15 is 0 Å². The van der Waals surface area contributed by atoms with Crippen LogP contribution in [0.4, 0.5) is 0 Å². The molecule has 2 aromatic rings. The second kappa shape index (κ2) is 5.35. The zero-order valence-corrected chi connectivity index (χ0v) is 11.6. The smallest absolute Gasteiger partial charge is 0.0995 e. The van der Waals surface area contributed by atoms with Crippen molar-refractivity contribution < 1.29 is 0 Å². The molecule has 1 fully saturated rings. The number of halogens is 1. The van der Waals surface area contributed by atoms with Gasteiger partial charge in [0.25, 0.3) is 0 Å². The van der Waals surface area contributed by atoms with Crippen LogP contribution in [0.25, 0.3) is 5.69 Å². The minimum atomic E-state index is 0.631. The molecule has 0 bridgehead atoms. The maximum absolute atomic E-state index is 6.01. The molecule has 100 valence electrons. The van der Waals surface area contributed by atoms with Crippen molar-refractivity contribution in [3.8, 4) is 5.69 Å². The van der Waals surface area contributed by atoms with Crippen LogP contribution < -0.4 is 5.73 Å². The molecule has 1 aliphatic carbocycles. The molecule has 1 saturated carbocycles. The van der Waals surface area contributed by atoms with Gasteiger partial charge < -0.3 is 10.3 Å². The van der Waals surface area contributed by atoms with E-state index < -0.39 is 0 Å². The quantitative estimate of drug-likeness (QED) is 0.909. The first-order valence-electron chi connectivity index (χ1n) is 6.78. The SMILES string of the molecule is NCCCC1CC1c1cn(-c2cccc(Cl)c2)cn1. The number of rotatable bonds is 5. The van der Waals surface area contributed by atoms with E-state index in [1.165, 1.54) is 18.5 Å². The summed E-state index contributed by atoms with van der Waals surface area (Å²) in [4.78, 5) is 4.53. The van der Waals surface area contributed by atoms with Gasteiger partial charge in [-0.05, 0) is 49.9 Å². The molecule has 1 aliphatic rings. The summed E-state index contributed by atoms with van der Waals surface area (Å²) in [7, 11) is 0. The molecule has 0 radical (unpaired) electrons. The molecule has 1 aromatic carbocycles. The molecule has 2 unspecified atom stereocenters. The van der Waals surface area contributed by atoms with Crippen molar-refractivity contribution in [2.45, 2.75) is 25.2 Å². The number of hydrogen-bond donors (Lipinski definition) is 1. The minimum Gasteiger partial charge on any atom is -0.330 e. The number of aromatic nitrogens is 2. The van der Waals surface area contributed by atoms with Gasteiger partial charge in [-0.3, -0.25) is 0 Å². The molecule has 0 amide bonds. The lowest BCUT2D eigenvalue weighted by Gasteiger charge is -2.01. The molecule has 1 aromatic heterocycles. The Kier molecular flexibility index (Phi) is 3.58. The van der Waals surface area contributed by atoms with E-state index in [1.807, 2.05) is 35.2 Å². The molecule has 19 heavy (non-hydrogen) atoms. The van der Waals surface area contributed by atoms with E-state index in [2.05, 4.69) is 11.2 Å². The Morgan fingerprint density at radius 2 is 2.32 bits per heavy atom. The predicted octanol–water partition coefficient (Wildman–Crippen LogP) is 3.37. The molecule has 3 nitrogen and oxygen atoms in total. The zero-order chi connectivity index (χ0) is 13.2. The Hall–Kier alpha value is -1.32. The number of nitrogens with zero attached hydrogens (tertiary/aromatic N) is 2. The molecule has 0 spiro atoms. The van der Waals surface area contributed by atoms with E-state index in [-0.39, 0.29) is 0 Å². The Balaban J connectivity index is 1.71. The fourth-order valence-electron chi connectivity index (χ4n) is 2.62. The summed E-state index contributed by atoms with van der Waals surface area (Å²) in [6.07, 6.45) is 7.60. The maximum Gasteiger partial charge on any atom is 0.0995 e. The summed E-state index contributed by atoms with van der Waals surface area (Å²) in [6, 6.07) is 7.83.